The largest absolute Gasteiger partial charge is 0.444 e. The Labute approximate surface area is 256 Å². The fourth-order valence-corrected chi connectivity index (χ4v) is 5.92. The molecule has 12 heteroatoms. The predicted molar refractivity (Wildman–Crippen MR) is 165 cm³/mol. The molecule has 3 amide bonds. The molecule has 44 heavy (non-hydrogen) atoms. The van der Waals surface area contributed by atoms with Crippen molar-refractivity contribution >= 4 is 33.8 Å². The second-order valence-electron chi connectivity index (χ2n) is 10.5. The molecular formula is C32H35N5O6S. The number of amides is 3. The van der Waals surface area contributed by atoms with Crippen molar-refractivity contribution in [2.75, 3.05) is 6.54 Å². The van der Waals surface area contributed by atoms with E-state index in [0.717, 1.165) is 27.3 Å². The first-order chi connectivity index (χ1) is 20.9. The van der Waals surface area contributed by atoms with Gasteiger partial charge in [-0.3, -0.25) is 25.3 Å². The fourth-order valence-electron chi connectivity index (χ4n) is 4.53. The van der Waals surface area contributed by atoms with Gasteiger partial charge in [-0.2, -0.15) is 0 Å². The van der Waals surface area contributed by atoms with Crippen molar-refractivity contribution in [3.05, 3.63) is 112 Å². The maximum Gasteiger partial charge on any atom is 0.413 e. The lowest BCUT2D eigenvalue weighted by molar-refractivity contribution is -0.131. The Kier molecular flexibility index (Phi) is 10.3. The zero-order chi connectivity index (χ0) is 31.9. The van der Waals surface area contributed by atoms with E-state index in [1.54, 1.807) is 57.2 Å². The third-order valence-electron chi connectivity index (χ3n) is 7.10. The highest BCUT2D eigenvalue weighted by atomic mass is 32.2. The Morgan fingerprint density at radius 1 is 0.955 bits per heavy atom. The van der Waals surface area contributed by atoms with E-state index >= 15 is 0 Å². The number of amidine groups is 1. The molecule has 230 valence electrons. The zero-order valence-electron chi connectivity index (χ0n) is 24.8. The molecule has 0 saturated carbocycles. The summed E-state index contributed by atoms with van der Waals surface area (Å²) in [4.78, 5) is 40.5. The molecule has 0 unspecified atom stereocenters. The van der Waals surface area contributed by atoms with Crippen LogP contribution in [0.3, 0.4) is 0 Å². The van der Waals surface area contributed by atoms with Gasteiger partial charge in [0, 0.05) is 24.2 Å². The van der Waals surface area contributed by atoms with Gasteiger partial charge in [-0.05, 0) is 55.5 Å². The van der Waals surface area contributed by atoms with Crippen LogP contribution < -0.4 is 15.5 Å². The third kappa shape index (κ3) is 8.39. The topological polar surface area (TPSA) is 158 Å². The van der Waals surface area contributed by atoms with Gasteiger partial charge in [-0.1, -0.05) is 72.3 Å². The van der Waals surface area contributed by atoms with Crippen LogP contribution in [-0.4, -0.2) is 43.7 Å². The maximum absolute atomic E-state index is 13.2. The summed E-state index contributed by atoms with van der Waals surface area (Å²) in [5.74, 6) is -1.09. The van der Waals surface area contributed by atoms with Crippen LogP contribution in [0.5, 0.6) is 0 Å². The summed E-state index contributed by atoms with van der Waals surface area (Å²) in [6.07, 6.45) is -0.525. The first-order valence-electron chi connectivity index (χ1n) is 14.0. The van der Waals surface area contributed by atoms with Crippen LogP contribution in [0.1, 0.15) is 47.6 Å². The van der Waals surface area contributed by atoms with Crippen molar-refractivity contribution in [1.29, 1.82) is 5.41 Å². The van der Waals surface area contributed by atoms with Crippen LogP contribution in [0.15, 0.2) is 88.8 Å². The Morgan fingerprint density at radius 3 is 2.36 bits per heavy atom. The van der Waals surface area contributed by atoms with E-state index < -0.39 is 27.9 Å². The Hall–Kier alpha value is -4.81. The molecule has 0 atom stereocenters. The summed E-state index contributed by atoms with van der Waals surface area (Å²) in [6.45, 7) is 5.64. The molecule has 0 fully saturated rings. The number of sulfonamides is 1. The van der Waals surface area contributed by atoms with Crippen LogP contribution in [0, 0.1) is 19.3 Å². The normalized spacial score (nSPS) is 13.4. The van der Waals surface area contributed by atoms with Gasteiger partial charge in [-0.15, -0.1) is 4.83 Å². The molecular weight excluding hydrogens is 582 g/mol. The number of aryl methyl sites for hydroxylation is 2. The number of carbonyl (C=O) groups is 3. The van der Waals surface area contributed by atoms with Crippen molar-refractivity contribution in [3.63, 3.8) is 0 Å². The molecule has 4 rings (SSSR count). The van der Waals surface area contributed by atoms with E-state index in [4.69, 9.17) is 10.1 Å². The van der Waals surface area contributed by atoms with Gasteiger partial charge < -0.3 is 10.1 Å². The van der Waals surface area contributed by atoms with Gasteiger partial charge in [0.05, 0.1) is 11.3 Å². The average molecular weight is 618 g/mol. The number of alkyl carbamates (subject to hydrolysis) is 1. The number of benzene rings is 3. The summed E-state index contributed by atoms with van der Waals surface area (Å²) < 4.78 is 31.2. The van der Waals surface area contributed by atoms with Gasteiger partial charge in [0.25, 0.3) is 15.9 Å². The van der Waals surface area contributed by atoms with Gasteiger partial charge in [0.15, 0.2) is 0 Å². The quantitative estimate of drug-likeness (QED) is 0.199. The number of hydrazine groups is 1. The molecule has 4 N–H and O–H groups in total. The molecule has 3 aromatic carbocycles. The molecule has 1 aliphatic rings. The monoisotopic (exact) mass is 617 g/mol. The molecule has 11 nitrogen and oxygen atoms in total. The Bertz CT molecular complexity index is 1700. The zero-order valence-corrected chi connectivity index (χ0v) is 25.6. The molecule has 0 aromatic heterocycles. The number of hydrogen-bond donors (Lipinski definition) is 4. The lowest BCUT2D eigenvalue weighted by atomic mass is 9.98. The molecule has 1 heterocycles. The lowest BCUT2D eigenvalue weighted by Gasteiger charge is -2.29. The van der Waals surface area contributed by atoms with E-state index in [-0.39, 0.29) is 42.4 Å². The minimum absolute atomic E-state index is 0.0847. The molecule has 0 bridgehead atoms. The molecule has 3 aromatic rings. The number of nitrogens with one attached hydrogen (secondary N) is 4. The third-order valence-corrected chi connectivity index (χ3v) is 8.58. The highest BCUT2D eigenvalue weighted by molar-refractivity contribution is 7.89. The van der Waals surface area contributed by atoms with Gasteiger partial charge in [-0.25, -0.2) is 13.2 Å². The van der Waals surface area contributed by atoms with E-state index in [1.165, 1.54) is 0 Å². The molecule has 0 saturated heterocycles. The number of nitrogens with zero attached hydrogens (tertiary/aromatic N) is 1. The van der Waals surface area contributed by atoms with Crippen molar-refractivity contribution in [2.24, 2.45) is 0 Å². The van der Waals surface area contributed by atoms with Gasteiger partial charge in [0.2, 0.25) is 5.91 Å². The van der Waals surface area contributed by atoms with Crippen molar-refractivity contribution < 1.29 is 27.5 Å². The van der Waals surface area contributed by atoms with Crippen molar-refractivity contribution in [1.82, 2.24) is 20.5 Å². The van der Waals surface area contributed by atoms with E-state index in [9.17, 15) is 22.8 Å². The van der Waals surface area contributed by atoms with Crippen molar-refractivity contribution in [2.45, 2.75) is 51.7 Å². The smallest absolute Gasteiger partial charge is 0.413 e. The van der Waals surface area contributed by atoms with Gasteiger partial charge in [0.1, 0.15) is 12.4 Å². The second kappa shape index (κ2) is 14.1. The summed E-state index contributed by atoms with van der Waals surface area (Å²) >= 11 is 0. The van der Waals surface area contributed by atoms with E-state index in [2.05, 4.69) is 15.5 Å². The summed E-state index contributed by atoms with van der Waals surface area (Å²) in [5, 5.41) is 14.4. The minimum atomic E-state index is -4.01. The summed E-state index contributed by atoms with van der Waals surface area (Å²) in [6, 6.07) is 21.0. The van der Waals surface area contributed by atoms with Crippen molar-refractivity contribution in [3.8, 4) is 0 Å². The predicted octanol–water partition coefficient (Wildman–Crippen LogP) is 4.00. The van der Waals surface area contributed by atoms with Crippen LogP contribution in [-0.2, 0) is 37.5 Å². The second-order valence-corrected chi connectivity index (χ2v) is 12.2. The number of hydrogen-bond acceptors (Lipinski definition) is 7. The summed E-state index contributed by atoms with van der Waals surface area (Å²) in [7, 11) is -4.01. The first-order valence-corrected chi connectivity index (χ1v) is 15.4. The average Bonchev–Trinajstić information content (AvgIpc) is 3.00. The maximum atomic E-state index is 13.2. The van der Waals surface area contributed by atoms with Gasteiger partial charge >= 0.3 is 6.09 Å². The van der Waals surface area contributed by atoms with Crippen LogP contribution in [0.25, 0.3) is 0 Å². The van der Waals surface area contributed by atoms with E-state index in [1.807, 2.05) is 36.4 Å². The van der Waals surface area contributed by atoms with Crippen LogP contribution in [0.4, 0.5) is 4.79 Å². The highest BCUT2D eigenvalue weighted by Gasteiger charge is 2.30. The van der Waals surface area contributed by atoms with Crippen LogP contribution >= 0.6 is 0 Å². The molecule has 0 aliphatic carbocycles. The number of carbonyl (C=O) groups excluding carboxylic acids is 3. The number of ether oxygens (including phenoxy) is 1. The first kappa shape index (κ1) is 32.1. The fraction of sp³-hybridized carbons (Fsp3) is 0.250. The standard InChI is InChI=1S/C32H35N5O6S/c1-21-9-10-23(3)28(17-21)44(41,42)36-37-16-15-22(2)27(31(37)39)18-29(38)34-19-24-11-13-26(14-12-24)30(33)35-32(40)43-20-25-7-5-4-6-8-25/h4-14,17,36H,15-16,18-20H2,1-3H3,(H,34,38)(H2,33,35,40). The highest BCUT2D eigenvalue weighted by Crippen LogP contribution is 2.23. The SMILES string of the molecule is CC1=C(CC(=O)NCc2ccc(C(=N)NC(=O)OCc3ccccc3)cc2)C(=O)N(NS(=O)(=O)c2cc(C)ccc2C)CC1. The van der Waals surface area contributed by atoms with E-state index in [0.29, 0.717) is 17.5 Å². The molecule has 0 spiro atoms. The van der Waals surface area contributed by atoms with Crippen LogP contribution in [0.2, 0.25) is 0 Å². The lowest BCUT2D eigenvalue weighted by Crippen LogP contribution is -2.49. The Balaban J connectivity index is 1.28. The minimum Gasteiger partial charge on any atom is -0.444 e. The Morgan fingerprint density at radius 2 is 1.66 bits per heavy atom. The number of rotatable bonds is 10. The molecule has 0 radical (unpaired) electrons. The summed E-state index contributed by atoms with van der Waals surface area (Å²) in [5.41, 5.74) is 4.32. The molecule has 1 aliphatic heterocycles.